The molecule has 3 saturated heterocycles. The van der Waals surface area contributed by atoms with Crippen molar-refractivity contribution in [1.82, 2.24) is 9.80 Å². The van der Waals surface area contributed by atoms with Crippen molar-refractivity contribution in [3.63, 3.8) is 0 Å². The number of amides is 3. The second-order valence-electron chi connectivity index (χ2n) is 12.3. The molecule has 5 atom stereocenters. The molecule has 1 spiro atoms. The van der Waals surface area contributed by atoms with Crippen LogP contribution < -0.4 is 4.90 Å². The van der Waals surface area contributed by atoms with E-state index in [0.29, 0.717) is 62.4 Å². The zero-order valence-corrected chi connectivity index (χ0v) is 26.1. The summed E-state index contributed by atoms with van der Waals surface area (Å²) in [5, 5.41) is 9.89. The molecule has 0 aliphatic carbocycles. The summed E-state index contributed by atoms with van der Waals surface area (Å²) < 4.78 is 6.86. The molecule has 5 rings (SSSR count). The lowest BCUT2D eigenvalue weighted by Crippen LogP contribution is -2.56. The molecule has 3 aliphatic rings. The third kappa shape index (κ3) is 5.71. The molecule has 0 aromatic heterocycles. The summed E-state index contributed by atoms with van der Waals surface area (Å²) in [5.41, 5.74) is -0.416. The predicted molar refractivity (Wildman–Crippen MR) is 171 cm³/mol. The monoisotopic (exact) mass is 619 g/mol. The first kappa shape index (κ1) is 31.9. The van der Waals surface area contributed by atoms with Gasteiger partial charge < -0.3 is 24.5 Å². The van der Waals surface area contributed by atoms with Crippen LogP contribution in [-0.2, 0) is 25.7 Å². The van der Waals surface area contributed by atoms with Gasteiger partial charge in [0.2, 0.25) is 11.8 Å². The van der Waals surface area contributed by atoms with E-state index in [1.807, 2.05) is 37.3 Å². The summed E-state index contributed by atoms with van der Waals surface area (Å²) in [6.45, 7) is 11.0. The molecule has 0 radical (unpaired) electrons. The third-order valence-corrected chi connectivity index (χ3v) is 9.68. The van der Waals surface area contributed by atoms with Crippen molar-refractivity contribution in [3.8, 4) is 0 Å². The Hall–Kier alpha value is -3.46. The topological polar surface area (TPSA) is 90.4 Å². The van der Waals surface area contributed by atoms with Gasteiger partial charge in [-0.1, -0.05) is 54.1 Å². The number of ether oxygens (including phenoxy) is 1. The molecule has 8 nitrogen and oxygen atoms in total. The maximum Gasteiger partial charge on any atom is 0.253 e. The lowest BCUT2D eigenvalue weighted by molar-refractivity contribution is -0.150. The smallest absolute Gasteiger partial charge is 0.253 e. The Morgan fingerprint density at radius 1 is 1.02 bits per heavy atom. The zero-order chi connectivity index (χ0) is 31.5. The van der Waals surface area contributed by atoms with Crippen LogP contribution in [0.3, 0.4) is 0 Å². The maximum atomic E-state index is 14.7. The van der Waals surface area contributed by atoms with Gasteiger partial charge in [-0.3, -0.25) is 14.4 Å². The molecule has 2 bridgehead atoms. The van der Waals surface area contributed by atoms with Gasteiger partial charge in [0.05, 0.1) is 17.4 Å². The van der Waals surface area contributed by atoms with Crippen LogP contribution in [0.4, 0.5) is 5.69 Å². The molecular weight excluding hydrogens is 578 g/mol. The van der Waals surface area contributed by atoms with Crippen LogP contribution in [0, 0.1) is 11.8 Å². The predicted octanol–water partition coefficient (Wildman–Crippen LogP) is 5.00. The maximum absolute atomic E-state index is 14.7. The number of aliphatic hydroxyl groups excluding tert-OH is 1. The van der Waals surface area contributed by atoms with Crippen molar-refractivity contribution in [3.05, 3.63) is 90.5 Å². The molecule has 2 unspecified atom stereocenters. The van der Waals surface area contributed by atoms with Crippen molar-refractivity contribution < 1.29 is 24.2 Å². The number of carbonyl (C=O) groups excluding carboxylic acids is 3. The first-order valence-electron chi connectivity index (χ1n) is 15.4. The van der Waals surface area contributed by atoms with Crippen LogP contribution in [0.1, 0.15) is 44.6 Å². The van der Waals surface area contributed by atoms with Gasteiger partial charge in [-0.25, -0.2) is 0 Å². The van der Waals surface area contributed by atoms with E-state index in [1.54, 1.807) is 51.1 Å². The molecule has 0 saturated carbocycles. The minimum absolute atomic E-state index is 0.0607. The van der Waals surface area contributed by atoms with Crippen LogP contribution >= 0.6 is 11.6 Å². The summed E-state index contributed by atoms with van der Waals surface area (Å²) in [6, 6.07) is 15.8. The lowest BCUT2D eigenvalue weighted by atomic mass is 9.66. The fraction of sp³-hybridized carbons (Fsp3) is 0.457. The quantitative estimate of drug-likeness (QED) is 0.237. The Morgan fingerprint density at radius 2 is 1.73 bits per heavy atom. The Labute approximate surface area is 264 Å². The molecule has 234 valence electrons. The van der Waals surface area contributed by atoms with Crippen molar-refractivity contribution in [2.24, 2.45) is 11.8 Å². The van der Waals surface area contributed by atoms with Gasteiger partial charge in [-0.15, -0.1) is 13.2 Å². The number of hydrogen-bond acceptors (Lipinski definition) is 5. The van der Waals surface area contributed by atoms with Gasteiger partial charge in [0, 0.05) is 43.5 Å². The lowest BCUT2D eigenvalue weighted by Gasteiger charge is -2.37. The molecular formula is C35H42ClN3O5. The van der Waals surface area contributed by atoms with Gasteiger partial charge in [0.15, 0.2) is 0 Å². The molecule has 3 amide bonds. The van der Waals surface area contributed by atoms with Crippen molar-refractivity contribution in [1.29, 1.82) is 0 Å². The Balaban J connectivity index is 1.54. The average molecular weight is 620 g/mol. The number of unbranched alkanes of at least 4 members (excludes halogenated alkanes) is 2. The highest BCUT2D eigenvalue weighted by molar-refractivity contribution is 6.30. The third-order valence-electron chi connectivity index (χ3n) is 9.43. The van der Waals surface area contributed by atoms with Gasteiger partial charge in [-0.2, -0.15) is 0 Å². The first-order chi connectivity index (χ1) is 21.2. The summed E-state index contributed by atoms with van der Waals surface area (Å²) in [5.74, 6) is -2.19. The van der Waals surface area contributed by atoms with Crippen LogP contribution in [0.5, 0.6) is 0 Å². The molecule has 3 heterocycles. The minimum Gasteiger partial charge on any atom is -0.396 e. The fourth-order valence-electron chi connectivity index (χ4n) is 7.50. The van der Waals surface area contributed by atoms with E-state index < -0.39 is 29.1 Å². The van der Waals surface area contributed by atoms with Gasteiger partial charge in [-0.05, 0) is 68.9 Å². The number of fused-ring (bicyclic) bond motifs is 1. The van der Waals surface area contributed by atoms with Crippen molar-refractivity contribution in [2.45, 2.75) is 62.8 Å². The SMILES string of the molecule is C=CCN(Cc1ccccc1)C(=O)[C@@H]1[C@H]2C(=O)N(CCCCCO)C(C(=O)N(CC=C)c3ccc(Cl)cc3)C23CC[C@@]1(C)O3. The van der Waals surface area contributed by atoms with Crippen molar-refractivity contribution in [2.75, 3.05) is 31.1 Å². The number of benzene rings is 2. The molecule has 1 N–H and O–H groups in total. The van der Waals surface area contributed by atoms with Crippen LogP contribution in [0.25, 0.3) is 0 Å². The summed E-state index contributed by atoms with van der Waals surface area (Å²) in [4.78, 5) is 48.7. The number of anilines is 1. The molecule has 3 aliphatic heterocycles. The number of hydrogen-bond donors (Lipinski definition) is 1. The van der Waals surface area contributed by atoms with E-state index in [4.69, 9.17) is 16.3 Å². The number of nitrogens with zero attached hydrogens (tertiary/aromatic N) is 3. The molecule has 9 heteroatoms. The minimum atomic E-state index is -1.14. The number of carbonyl (C=O) groups is 3. The second kappa shape index (κ2) is 13.3. The number of aliphatic hydroxyl groups is 1. The molecule has 44 heavy (non-hydrogen) atoms. The summed E-state index contributed by atoms with van der Waals surface area (Å²) in [6.07, 6.45) is 6.34. The Morgan fingerprint density at radius 3 is 2.39 bits per heavy atom. The van der Waals surface area contributed by atoms with Gasteiger partial charge in [0.25, 0.3) is 5.91 Å². The normalized spacial score (nSPS) is 26.8. The Kier molecular flexibility index (Phi) is 9.63. The zero-order valence-electron chi connectivity index (χ0n) is 25.4. The summed E-state index contributed by atoms with van der Waals surface area (Å²) >= 11 is 6.15. The van der Waals surface area contributed by atoms with Gasteiger partial charge in [0.1, 0.15) is 11.6 Å². The van der Waals surface area contributed by atoms with Crippen LogP contribution in [-0.4, -0.2) is 76.1 Å². The highest BCUT2D eigenvalue weighted by atomic mass is 35.5. The number of halogens is 1. The van der Waals surface area contributed by atoms with Crippen LogP contribution in [0.2, 0.25) is 5.02 Å². The highest BCUT2D eigenvalue weighted by Crippen LogP contribution is 2.63. The van der Waals surface area contributed by atoms with Gasteiger partial charge >= 0.3 is 0 Å². The van der Waals surface area contributed by atoms with E-state index in [-0.39, 0.29) is 30.9 Å². The van der Waals surface area contributed by atoms with Crippen molar-refractivity contribution >= 4 is 35.0 Å². The fourth-order valence-corrected chi connectivity index (χ4v) is 7.63. The second-order valence-corrected chi connectivity index (χ2v) is 12.7. The standard InChI is InChI=1S/C35H42ClN3O5/c1-4-20-37(24-25-12-8-6-9-13-25)31(41)28-29-32(42)39(22-10-7-11-23-40)30(35(29)19-18-34(28,3)44-35)33(43)38(21-5-2)27-16-14-26(36)15-17-27/h4-6,8-9,12-17,28-30,40H,1-2,7,10-11,18-24H2,3H3/t28-,29-,30?,34+,35?/m0/s1. The van der Waals surface area contributed by atoms with E-state index >= 15 is 0 Å². The molecule has 3 fully saturated rings. The van der Waals surface area contributed by atoms with E-state index in [0.717, 1.165) is 5.56 Å². The molecule has 2 aromatic rings. The first-order valence-corrected chi connectivity index (χ1v) is 15.8. The number of rotatable bonds is 14. The summed E-state index contributed by atoms with van der Waals surface area (Å²) in [7, 11) is 0. The highest BCUT2D eigenvalue weighted by Gasteiger charge is 2.78. The Bertz CT molecular complexity index is 1380. The average Bonchev–Trinajstić information content (AvgIpc) is 3.59. The van der Waals surface area contributed by atoms with Crippen LogP contribution in [0.15, 0.2) is 79.9 Å². The number of likely N-dealkylation sites (tertiary alicyclic amines) is 1. The molecule has 2 aromatic carbocycles. The largest absolute Gasteiger partial charge is 0.396 e. The van der Waals surface area contributed by atoms with E-state index in [9.17, 15) is 19.5 Å². The van der Waals surface area contributed by atoms with E-state index in [2.05, 4.69) is 13.2 Å². The van der Waals surface area contributed by atoms with E-state index in [1.165, 1.54) is 0 Å².